The van der Waals surface area contributed by atoms with Crippen LogP contribution in [-0.2, 0) is 11.7 Å². The van der Waals surface area contributed by atoms with E-state index in [-0.39, 0.29) is 10.6 Å². The highest BCUT2D eigenvalue weighted by atomic mass is 35.5. The number of benzene rings is 1. The van der Waals surface area contributed by atoms with Crippen LogP contribution in [0.25, 0.3) is 0 Å². The molecule has 1 unspecified atom stereocenters. The van der Waals surface area contributed by atoms with Gasteiger partial charge < -0.3 is 5.73 Å². The van der Waals surface area contributed by atoms with Crippen molar-refractivity contribution in [3.8, 4) is 0 Å². The minimum Gasteiger partial charge on any atom is -0.316 e. The van der Waals surface area contributed by atoms with E-state index in [2.05, 4.69) is 0 Å². The fraction of sp³-hybridized carbons (Fsp3) is 0.400. The predicted octanol–water partition coefficient (Wildman–Crippen LogP) is 3.55. The molecule has 0 amide bonds. The summed E-state index contributed by atoms with van der Waals surface area (Å²) < 4.78 is 63.3. The molecule has 0 spiro atoms. The number of rotatable bonds is 1. The van der Waals surface area contributed by atoms with Gasteiger partial charge in [-0.3, -0.25) is 0 Å². The van der Waals surface area contributed by atoms with Gasteiger partial charge in [0.05, 0.1) is 5.56 Å². The molecule has 17 heavy (non-hydrogen) atoms. The number of hydrogen-bond acceptors (Lipinski definition) is 1. The van der Waals surface area contributed by atoms with E-state index in [4.69, 9.17) is 17.3 Å². The van der Waals surface area contributed by atoms with Crippen LogP contribution in [0.5, 0.6) is 0 Å². The molecule has 1 nitrogen and oxygen atoms in total. The zero-order chi connectivity index (χ0) is 13.1. The third-order valence-electron chi connectivity index (χ3n) is 2.80. The normalized spacial score (nSPS) is 27.0. The molecule has 0 aromatic heterocycles. The standard InChI is InChI=1S/C10H7ClF5N/c11-7-2-1-5(10(14,15)16)3-6(7)8(17)4-9(8,12)13/h1-3H,4,17H2. The Morgan fingerprint density at radius 3 is 2.18 bits per heavy atom. The molecule has 0 saturated heterocycles. The minimum atomic E-state index is -4.61. The fourth-order valence-corrected chi connectivity index (χ4v) is 1.93. The monoisotopic (exact) mass is 271 g/mol. The van der Waals surface area contributed by atoms with Crippen LogP contribution in [0.1, 0.15) is 17.5 Å². The lowest BCUT2D eigenvalue weighted by Gasteiger charge is -2.15. The lowest BCUT2D eigenvalue weighted by Crippen LogP contribution is -2.28. The van der Waals surface area contributed by atoms with Crippen molar-refractivity contribution in [2.75, 3.05) is 0 Å². The van der Waals surface area contributed by atoms with Crippen molar-refractivity contribution in [2.24, 2.45) is 5.73 Å². The summed E-state index contributed by atoms with van der Waals surface area (Å²) in [7, 11) is 0. The smallest absolute Gasteiger partial charge is 0.316 e. The Balaban J connectivity index is 2.49. The van der Waals surface area contributed by atoms with Gasteiger partial charge in [-0.1, -0.05) is 11.6 Å². The summed E-state index contributed by atoms with van der Waals surface area (Å²) >= 11 is 5.62. The Bertz CT molecular complexity index is 470. The van der Waals surface area contributed by atoms with Crippen molar-refractivity contribution in [3.05, 3.63) is 34.3 Å². The summed E-state index contributed by atoms with van der Waals surface area (Å²) in [6.45, 7) is 0. The molecule has 1 aromatic rings. The van der Waals surface area contributed by atoms with E-state index in [1.807, 2.05) is 0 Å². The second-order valence-corrected chi connectivity index (χ2v) is 4.45. The molecule has 1 aliphatic carbocycles. The Kier molecular flexibility index (Phi) is 2.46. The van der Waals surface area contributed by atoms with Gasteiger partial charge in [0.25, 0.3) is 5.92 Å². The van der Waals surface area contributed by atoms with Crippen molar-refractivity contribution in [2.45, 2.75) is 24.1 Å². The highest BCUT2D eigenvalue weighted by molar-refractivity contribution is 6.31. The molecule has 1 atom stereocenters. The van der Waals surface area contributed by atoms with Gasteiger partial charge in [-0.05, 0) is 23.8 Å². The van der Waals surface area contributed by atoms with E-state index in [1.165, 1.54) is 0 Å². The number of hydrogen-bond donors (Lipinski definition) is 1. The van der Waals surface area contributed by atoms with Gasteiger partial charge in [-0.25, -0.2) is 8.78 Å². The maximum atomic E-state index is 13.0. The summed E-state index contributed by atoms with van der Waals surface area (Å²) in [5.74, 6) is -3.21. The van der Waals surface area contributed by atoms with Crippen molar-refractivity contribution < 1.29 is 22.0 Å². The number of alkyl halides is 5. The van der Waals surface area contributed by atoms with Crippen molar-refractivity contribution in [1.29, 1.82) is 0 Å². The third kappa shape index (κ3) is 1.89. The molecule has 1 saturated carbocycles. The van der Waals surface area contributed by atoms with Crippen LogP contribution in [0.3, 0.4) is 0 Å². The first-order valence-electron chi connectivity index (χ1n) is 4.62. The fourth-order valence-electron chi connectivity index (χ4n) is 1.64. The molecule has 0 bridgehead atoms. The summed E-state index contributed by atoms with van der Waals surface area (Å²) in [5, 5.41) is -0.183. The van der Waals surface area contributed by atoms with E-state index >= 15 is 0 Å². The quantitative estimate of drug-likeness (QED) is 0.777. The van der Waals surface area contributed by atoms with Gasteiger partial charge in [0.1, 0.15) is 5.54 Å². The second-order valence-electron chi connectivity index (χ2n) is 4.04. The SMILES string of the molecule is NC1(c2cc(C(F)(F)F)ccc2Cl)CC1(F)F. The highest BCUT2D eigenvalue weighted by Crippen LogP contribution is 2.59. The van der Waals surface area contributed by atoms with E-state index in [1.54, 1.807) is 0 Å². The van der Waals surface area contributed by atoms with Gasteiger partial charge in [-0.2, -0.15) is 13.2 Å². The minimum absolute atomic E-state index is 0.183. The average molecular weight is 272 g/mol. The molecule has 94 valence electrons. The molecular formula is C10H7ClF5N. The average Bonchev–Trinajstić information content (AvgIpc) is 2.65. The van der Waals surface area contributed by atoms with Crippen molar-refractivity contribution >= 4 is 11.6 Å². The van der Waals surface area contributed by atoms with Crippen LogP contribution in [0, 0.1) is 0 Å². The van der Waals surface area contributed by atoms with Crippen LogP contribution in [0.15, 0.2) is 18.2 Å². The molecule has 1 aliphatic rings. The van der Waals surface area contributed by atoms with Gasteiger partial charge in [-0.15, -0.1) is 0 Å². The zero-order valence-corrected chi connectivity index (χ0v) is 9.04. The molecular weight excluding hydrogens is 265 g/mol. The van der Waals surface area contributed by atoms with Crippen LogP contribution in [0.4, 0.5) is 22.0 Å². The Morgan fingerprint density at radius 1 is 1.24 bits per heavy atom. The lowest BCUT2D eigenvalue weighted by molar-refractivity contribution is -0.137. The predicted molar refractivity (Wildman–Crippen MR) is 51.9 cm³/mol. The molecule has 2 rings (SSSR count). The van der Waals surface area contributed by atoms with Crippen LogP contribution in [-0.4, -0.2) is 5.92 Å². The number of halogens is 6. The highest BCUT2D eigenvalue weighted by Gasteiger charge is 2.70. The van der Waals surface area contributed by atoms with E-state index in [0.717, 1.165) is 12.1 Å². The molecule has 1 aromatic carbocycles. The van der Waals surface area contributed by atoms with Gasteiger partial charge in [0.15, 0.2) is 0 Å². The number of nitrogens with two attached hydrogens (primary N) is 1. The molecule has 2 N–H and O–H groups in total. The molecule has 0 radical (unpaired) electrons. The first kappa shape index (κ1) is 12.6. The molecule has 0 heterocycles. The summed E-state index contributed by atoms with van der Waals surface area (Å²) in [6.07, 6.45) is -5.30. The van der Waals surface area contributed by atoms with Crippen LogP contribution < -0.4 is 5.73 Å². The lowest BCUT2D eigenvalue weighted by atomic mass is 10.0. The van der Waals surface area contributed by atoms with Crippen LogP contribution >= 0.6 is 11.6 Å². The van der Waals surface area contributed by atoms with E-state index in [9.17, 15) is 22.0 Å². The first-order valence-corrected chi connectivity index (χ1v) is 5.00. The summed E-state index contributed by atoms with van der Waals surface area (Å²) in [5.41, 5.74) is 1.88. The van der Waals surface area contributed by atoms with Crippen molar-refractivity contribution in [1.82, 2.24) is 0 Å². The Labute approximate surface area is 98.4 Å². The molecule has 7 heteroatoms. The summed E-state index contributed by atoms with van der Waals surface area (Å²) in [4.78, 5) is 0. The van der Waals surface area contributed by atoms with Gasteiger partial charge >= 0.3 is 6.18 Å². The third-order valence-corrected chi connectivity index (χ3v) is 3.13. The van der Waals surface area contributed by atoms with Gasteiger partial charge in [0, 0.05) is 11.4 Å². The van der Waals surface area contributed by atoms with Gasteiger partial charge in [0.2, 0.25) is 0 Å². The molecule has 0 aliphatic heterocycles. The molecule has 1 fully saturated rings. The maximum Gasteiger partial charge on any atom is 0.416 e. The van der Waals surface area contributed by atoms with Crippen LogP contribution in [0.2, 0.25) is 5.02 Å². The first-order chi connectivity index (χ1) is 7.58. The second kappa shape index (κ2) is 3.32. The maximum absolute atomic E-state index is 13.0. The Hall–Kier alpha value is -0.880. The van der Waals surface area contributed by atoms with E-state index in [0.29, 0.717) is 6.07 Å². The largest absolute Gasteiger partial charge is 0.416 e. The Morgan fingerprint density at radius 2 is 1.76 bits per heavy atom. The van der Waals surface area contributed by atoms with E-state index < -0.39 is 29.6 Å². The summed E-state index contributed by atoms with van der Waals surface area (Å²) in [6, 6.07) is 2.25. The van der Waals surface area contributed by atoms with Crippen molar-refractivity contribution in [3.63, 3.8) is 0 Å². The topological polar surface area (TPSA) is 26.0 Å². The zero-order valence-electron chi connectivity index (χ0n) is 8.28.